The summed E-state index contributed by atoms with van der Waals surface area (Å²) in [5.41, 5.74) is 6.38. The molecule has 8 heteroatoms. The molecule has 1 saturated heterocycles. The van der Waals surface area contributed by atoms with Gasteiger partial charge in [-0.25, -0.2) is 24.9 Å². The van der Waals surface area contributed by atoms with Crippen LogP contribution in [0.3, 0.4) is 0 Å². The van der Waals surface area contributed by atoms with Crippen LogP contribution in [0.4, 0.5) is 17.5 Å². The average Bonchev–Trinajstić information content (AvgIpc) is 2.61. The SMILES string of the molecule is Cc1nccc(N2CCN(c3ncnc4nc(N)ccc34)CC2)n1. The molecule has 8 nitrogen and oxygen atoms in total. The van der Waals surface area contributed by atoms with Crippen molar-refractivity contribution in [3.05, 3.63) is 36.5 Å². The van der Waals surface area contributed by atoms with E-state index >= 15 is 0 Å². The van der Waals surface area contributed by atoms with E-state index in [0.29, 0.717) is 11.5 Å². The Morgan fingerprint density at radius 2 is 1.71 bits per heavy atom. The molecule has 4 rings (SSSR count). The van der Waals surface area contributed by atoms with Gasteiger partial charge in [0.1, 0.15) is 29.6 Å². The lowest BCUT2D eigenvalue weighted by atomic mass is 10.2. The molecule has 0 atom stereocenters. The Morgan fingerprint density at radius 1 is 0.917 bits per heavy atom. The predicted molar refractivity (Wildman–Crippen MR) is 92.9 cm³/mol. The fourth-order valence-corrected chi connectivity index (χ4v) is 2.96. The number of pyridine rings is 1. The van der Waals surface area contributed by atoms with Crippen LogP contribution in [0, 0.1) is 6.92 Å². The average molecular weight is 322 g/mol. The van der Waals surface area contributed by atoms with E-state index in [-0.39, 0.29) is 0 Å². The highest BCUT2D eigenvalue weighted by atomic mass is 15.3. The molecular weight excluding hydrogens is 304 g/mol. The van der Waals surface area contributed by atoms with E-state index < -0.39 is 0 Å². The third-order valence-corrected chi connectivity index (χ3v) is 4.16. The Balaban J connectivity index is 1.56. The number of rotatable bonds is 2. The maximum atomic E-state index is 5.74. The molecule has 0 aromatic carbocycles. The van der Waals surface area contributed by atoms with Crippen LogP contribution in [-0.4, -0.2) is 51.1 Å². The Bertz CT molecular complexity index is 873. The summed E-state index contributed by atoms with van der Waals surface area (Å²) in [7, 11) is 0. The first kappa shape index (κ1) is 14.6. The van der Waals surface area contributed by atoms with Crippen molar-refractivity contribution in [1.82, 2.24) is 24.9 Å². The van der Waals surface area contributed by atoms with E-state index in [2.05, 4.69) is 34.7 Å². The second-order valence-corrected chi connectivity index (χ2v) is 5.74. The van der Waals surface area contributed by atoms with Gasteiger partial charge >= 0.3 is 0 Å². The summed E-state index contributed by atoms with van der Waals surface area (Å²) in [6.07, 6.45) is 3.35. The maximum absolute atomic E-state index is 5.74. The Labute approximate surface area is 139 Å². The van der Waals surface area contributed by atoms with Gasteiger partial charge in [-0.05, 0) is 25.1 Å². The third-order valence-electron chi connectivity index (χ3n) is 4.16. The summed E-state index contributed by atoms with van der Waals surface area (Å²) >= 11 is 0. The van der Waals surface area contributed by atoms with Gasteiger partial charge in [-0.3, -0.25) is 0 Å². The highest BCUT2D eigenvalue weighted by Crippen LogP contribution is 2.24. The quantitative estimate of drug-likeness (QED) is 0.747. The monoisotopic (exact) mass is 322 g/mol. The van der Waals surface area contributed by atoms with E-state index in [1.54, 1.807) is 18.6 Å². The molecule has 0 radical (unpaired) electrons. The number of hydrogen-bond donors (Lipinski definition) is 1. The Kier molecular flexibility index (Phi) is 3.56. The molecule has 0 spiro atoms. The van der Waals surface area contributed by atoms with Gasteiger partial charge in [-0.15, -0.1) is 0 Å². The molecule has 24 heavy (non-hydrogen) atoms. The summed E-state index contributed by atoms with van der Waals surface area (Å²) < 4.78 is 0. The zero-order chi connectivity index (χ0) is 16.5. The van der Waals surface area contributed by atoms with Gasteiger partial charge in [0.15, 0.2) is 5.65 Å². The van der Waals surface area contributed by atoms with Gasteiger partial charge < -0.3 is 15.5 Å². The van der Waals surface area contributed by atoms with Crippen molar-refractivity contribution in [2.45, 2.75) is 6.92 Å². The normalized spacial score (nSPS) is 15.0. The first-order valence-corrected chi connectivity index (χ1v) is 7.87. The fraction of sp³-hybridized carbons (Fsp3) is 0.312. The van der Waals surface area contributed by atoms with Crippen LogP contribution in [0.5, 0.6) is 0 Å². The number of anilines is 3. The molecule has 4 heterocycles. The summed E-state index contributed by atoms with van der Waals surface area (Å²) in [6, 6.07) is 5.68. The van der Waals surface area contributed by atoms with Crippen molar-refractivity contribution >= 4 is 28.5 Å². The summed E-state index contributed by atoms with van der Waals surface area (Å²) in [6.45, 7) is 5.39. The molecule has 1 aliphatic heterocycles. The van der Waals surface area contributed by atoms with Crippen LogP contribution in [0.2, 0.25) is 0 Å². The lowest BCUT2D eigenvalue weighted by Gasteiger charge is -2.36. The number of piperazine rings is 1. The smallest absolute Gasteiger partial charge is 0.166 e. The van der Waals surface area contributed by atoms with E-state index in [0.717, 1.165) is 49.0 Å². The standard InChI is InChI=1S/C16H18N8/c1-11-18-5-4-14(21-11)23-6-8-24(9-7-23)16-12-2-3-13(17)22-15(12)19-10-20-16/h2-5,10H,6-9H2,1H3,(H2,17,19,20,22). The van der Waals surface area contributed by atoms with E-state index in [1.807, 2.05) is 19.1 Å². The maximum Gasteiger partial charge on any atom is 0.166 e. The minimum Gasteiger partial charge on any atom is -0.384 e. The second-order valence-electron chi connectivity index (χ2n) is 5.74. The van der Waals surface area contributed by atoms with Crippen molar-refractivity contribution in [2.24, 2.45) is 0 Å². The molecule has 3 aromatic heterocycles. The van der Waals surface area contributed by atoms with Crippen molar-refractivity contribution in [3.63, 3.8) is 0 Å². The highest BCUT2D eigenvalue weighted by molar-refractivity contribution is 5.87. The molecule has 0 saturated carbocycles. The topological polar surface area (TPSA) is 97.0 Å². The van der Waals surface area contributed by atoms with Gasteiger partial charge in [-0.1, -0.05) is 0 Å². The van der Waals surface area contributed by atoms with Crippen molar-refractivity contribution in [2.75, 3.05) is 41.7 Å². The van der Waals surface area contributed by atoms with Crippen molar-refractivity contribution in [3.8, 4) is 0 Å². The van der Waals surface area contributed by atoms with E-state index in [4.69, 9.17) is 5.73 Å². The van der Waals surface area contributed by atoms with E-state index in [9.17, 15) is 0 Å². The van der Waals surface area contributed by atoms with Gasteiger partial charge in [0, 0.05) is 32.4 Å². The number of fused-ring (bicyclic) bond motifs is 1. The summed E-state index contributed by atoms with van der Waals surface area (Å²) in [4.78, 5) is 26.1. The van der Waals surface area contributed by atoms with Gasteiger partial charge in [0.2, 0.25) is 0 Å². The lowest BCUT2D eigenvalue weighted by molar-refractivity contribution is 0.641. The van der Waals surface area contributed by atoms with E-state index in [1.165, 1.54) is 0 Å². The first-order chi connectivity index (χ1) is 11.7. The number of nitrogen functional groups attached to an aromatic ring is 1. The zero-order valence-electron chi connectivity index (χ0n) is 13.4. The molecule has 2 N–H and O–H groups in total. The summed E-state index contributed by atoms with van der Waals surface area (Å²) in [5.74, 6) is 3.15. The minimum absolute atomic E-state index is 0.469. The number of aryl methyl sites for hydroxylation is 1. The van der Waals surface area contributed by atoms with Gasteiger partial charge in [0.25, 0.3) is 0 Å². The second kappa shape index (κ2) is 5.88. The third kappa shape index (κ3) is 2.66. The zero-order valence-corrected chi connectivity index (χ0v) is 13.4. The van der Waals surface area contributed by atoms with Gasteiger partial charge in [0.05, 0.1) is 5.39 Å². The van der Waals surface area contributed by atoms with Crippen LogP contribution in [0.25, 0.3) is 11.0 Å². The largest absolute Gasteiger partial charge is 0.384 e. The highest BCUT2D eigenvalue weighted by Gasteiger charge is 2.21. The number of hydrogen-bond acceptors (Lipinski definition) is 8. The van der Waals surface area contributed by atoms with Crippen molar-refractivity contribution < 1.29 is 0 Å². The Hall–Kier alpha value is -3.03. The molecular formula is C16H18N8. The Morgan fingerprint density at radius 3 is 2.50 bits per heavy atom. The molecule has 0 amide bonds. The van der Waals surface area contributed by atoms with Crippen LogP contribution >= 0.6 is 0 Å². The van der Waals surface area contributed by atoms with Crippen LogP contribution in [0.1, 0.15) is 5.82 Å². The number of nitrogens with zero attached hydrogens (tertiary/aromatic N) is 7. The molecule has 1 fully saturated rings. The molecule has 3 aromatic rings. The van der Waals surface area contributed by atoms with Gasteiger partial charge in [-0.2, -0.15) is 0 Å². The van der Waals surface area contributed by atoms with Crippen LogP contribution in [0.15, 0.2) is 30.7 Å². The number of aromatic nitrogens is 5. The predicted octanol–water partition coefficient (Wildman–Crippen LogP) is 1.03. The van der Waals surface area contributed by atoms with Crippen molar-refractivity contribution in [1.29, 1.82) is 0 Å². The van der Waals surface area contributed by atoms with Crippen LogP contribution < -0.4 is 15.5 Å². The van der Waals surface area contributed by atoms with Crippen LogP contribution in [-0.2, 0) is 0 Å². The summed E-state index contributed by atoms with van der Waals surface area (Å²) in [5, 5.41) is 0.929. The molecule has 0 aliphatic carbocycles. The number of nitrogens with two attached hydrogens (primary N) is 1. The molecule has 0 bridgehead atoms. The fourth-order valence-electron chi connectivity index (χ4n) is 2.96. The molecule has 122 valence electrons. The molecule has 0 unspecified atom stereocenters. The lowest BCUT2D eigenvalue weighted by Crippen LogP contribution is -2.47. The first-order valence-electron chi connectivity index (χ1n) is 7.87. The molecule has 1 aliphatic rings. The minimum atomic E-state index is 0.469.